The fourth-order valence-corrected chi connectivity index (χ4v) is 14.2. The molecule has 350 valence electrons. The zero-order valence-corrected chi connectivity index (χ0v) is 40.1. The lowest BCUT2D eigenvalue weighted by molar-refractivity contribution is -0.154. The van der Waals surface area contributed by atoms with Crippen LogP contribution in [0.15, 0.2) is 41.8 Å². The molecule has 4 aliphatic rings. The number of aromatic nitrogens is 2. The number of nitrogens with zero attached hydrogens (tertiary/aromatic N) is 3. The van der Waals surface area contributed by atoms with Crippen molar-refractivity contribution in [3.05, 3.63) is 64.3 Å². The number of Topliss-reactive ketones (excluding diaryl/α,β-unsaturated/α-hetero) is 1. The first kappa shape index (κ1) is 47.1. The van der Waals surface area contributed by atoms with E-state index in [1.54, 1.807) is 31.1 Å². The van der Waals surface area contributed by atoms with E-state index in [9.17, 15) is 14.3 Å². The second kappa shape index (κ2) is 19.8. The van der Waals surface area contributed by atoms with Crippen LogP contribution < -0.4 is 14.8 Å². The minimum Gasteiger partial charge on any atom is -0.496 e. The van der Waals surface area contributed by atoms with Crippen LogP contribution in [-0.4, -0.2) is 80.5 Å². The molecule has 0 radical (unpaired) electrons. The third-order valence-electron chi connectivity index (χ3n) is 14.3. The number of pyridine rings is 1. The molecule has 2 aliphatic heterocycles. The first-order valence-corrected chi connectivity index (χ1v) is 26.3. The number of methoxy groups -OCH3 is 1. The Balaban J connectivity index is 1.14. The van der Waals surface area contributed by atoms with Crippen molar-refractivity contribution in [2.75, 3.05) is 19.0 Å². The van der Waals surface area contributed by atoms with Gasteiger partial charge in [0, 0.05) is 52.8 Å². The van der Waals surface area contributed by atoms with Gasteiger partial charge in [0.25, 0.3) is 0 Å². The van der Waals surface area contributed by atoms with Gasteiger partial charge in [-0.2, -0.15) is 0 Å². The van der Waals surface area contributed by atoms with E-state index in [0.717, 1.165) is 73.9 Å². The van der Waals surface area contributed by atoms with Crippen LogP contribution >= 0.6 is 18.7 Å². The maximum Gasteiger partial charge on any atom is 0.306 e. The Labute approximate surface area is 385 Å². The van der Waals surface area contributed by atoms with Crippen molar-refractivity contribution in [2.24, 2.45) is 11.8 Å². The Morgan fingerprint density at radius 2 is 1.72 bits per heavy atom. The number of carbonyl (C=O) groups is 3. The number of esters is 1. The van der Waals surface area contributed by atoms with Gasteiger partial charge in [0.2, 0.25) is 13.3 Å². The summed E-state index contributed by atoms with van der Waals surface area (Å²) in [5.41, 5.74) is 3.50. The molecule has 0 spiro atoms. The van der Waals surface area contributed by atoms with Crippen molar-refractivity contribution in [1.29, 1.82) is 0 Å². The minimum absolute atomic E-state index is 0.0679. The molecular formula is C50H64FN4O8PS. The maximum atomic E-state index is 15.2. The Hall–Kier alpha value is -4.39. The quantitative estimate of drug-likeness (QED) is 0.103. The van der Waals surface area contributed by atoms with Crippen LogP contribution in [-0.2, 0) is 29.8 Å². The van der Waals surface area contributed by atoms with Gasteiger partial charge in [-0.1, -0.05) is 44.2 Å². The molecule has 12 nitrogen and oxygen atoms in total. The van der Waals surface area contributed by atoms with E-state index >= 15 is 14.0 Å². The van der Waals surface area contributed by atoms with Gasteiger partial charge in [-0.15, -0.1) is 11.3 Å². The van der Waals surface area contributed by atoms with E-state index < -0.39 is 42.4 Å². The van der Waals surface area contributed by atoms with Crippen LogP contribution in [0.5, 0.6) is 11.5 Å². The lowest BCUT2D eigenvalue weighted by atomic mass is 9.94. The molecule has 2 N–H and O–H groups in total. The number of thiazole rings is 1. The molecule has 65 heavy (non-hydrogen) atoms. The van der Waals surface area contributed by atoms with Gasteiger partial charge in [-0.3, -0.25) is 18.9 Å². The third kappa shape index (κ3) is 10.3. The van der Waals surface area contributed by atoms with Crippen molar-refractivity contribution < 1.29 is 42.4 Å². The van der Waals surface area contributed by atoms with E-state index in [0.29, 0.717) is 53.2 Å². The molecule has 4 heterocycles. The monoisotopic (exact) mass is 930 g/mol. The number of amides is 1. The van der Waals surface area contributed by atoms with Crippen molar-refractivity contribution in [3.8, 4) is 22.9 Å². The summed E-state index contributed by atoms with van der Waals surface area (Å²) < 4.78 is 48.5. The number of rotatable bonds is 12. The van der Waals surface area contributed by atoms with Crippen molar-refractivity contribution >= 4 is 52.4 Å². The van der Waals surface area contributed by atoms with Crippen molar-refractivity contribution in [2.45, 2.75) is 160 Å². The normalized spacial score (nSPS) is 25.4. The number of ketones is 1. The van der Waals surface area contributed by atoms with Crippen LogP contribution in [0.2, 0.25) is 0 Å². The van der Waals surface area contributed by atoms with Crippen molar-refractivity contribution in [1.82, 2.24) is 14.9 Å². The zero-order chi connectivity index (χ0) is 46.0. The Morgan fingerprint density at radius 3 is 2.46 bits per heavy atom. The van der Waals surface area contributed by atoms with E-state index in [-0.39, 0.29) is 67.3 Å². The van der Waals surface area contributed by atoms with Crippen LogP contribution in [0.4, 0.5) is 9.52 Å². The van der Waals surface area contributed by atoms with Crippen LogP contribution in [0, 0.1) is 31.5 Å². The maximum absolute atomic E-state index is 15.2. The molecule has 1 unspecified atom stereocenters. The van der Waals surface area contributed by atoms with Gasteiger partial charge >= 0.3 is 5.97 Å². The minimum atomic E-state index is -4.18. The van der Waals surface area contributed by atoms with Gasteiger partial charge in [0.1, 0.15) is 35.2 Å². The number of anilines is 1. The Kier molecular flexibility index (Phi) is 14.4. The number of aryl methyl sites for hydroxylation is 2. The highest BCUT2D eigenvalue weighted by Gasteiger charge is 2.66. The summed E-state index contributed by atoms with van der Waals surface area (Å²) in [5.74, 6) is -1.29. The predicted octanol–water partition coefficient (Wildman–Crippen LogP) is 10.7. The summed E-state index contributed by atoms with van der Waals surface area (Å²) in [6, 6.07) is 9.43. The second-order valence-corrected chi connectivity index (χ2v) is 22.8. The van der Waals surface area contributed by atoms with Gasteiger partial charge in [-0.25, -0.2) is 14.4 Å². The predicted molar refractivity (Wildman–Crippen MR) is 251 cm³/mol. The molecule has 4 aromatic rings. The van der Waals surface area contributed by atoms with E-state index in [2.05, 4.69) is 5.32 Å². The van der Waals surface area contributed by atoms with Crippen LogP contribution in [0.1, 0.15) is 127 Å². The number of benzene rings is 2. The van der Waals surface area contributed by atoms with Crippen LogP contribution in [0.25, 0.3) is 22.3 Å². The summed E-state index contributed by atoms with van der Waals surface area (Å²) in [5, 5.41) is 5.54. The molecule has 6 atom stereocenters. The lowest BCUT2D eigenvalue weighted by Gasteiger charge is -2.30. The summed E-state index contributed by atoms with van der Waals surface area (Å²) in [6.45, 7) is 7.83. The van der Waals surface area contributed by atoms with Gasteiger partial charge in [0.05, 0.1) is 48.6 Å². The molecule has 4 fully saturated rings. The highest BCUT2D eigenvalue weighted by atomic mass is 32.1. The average molecular weight is 931 g/mol. The first-order valence-electron chi connectivity index (χ1n) is 23.6. The Morgan fingerprint density at radius 1 is 0.985 bits per heavy atom. The Bertz CT molecular complexity index is 2440. The molecule has 2 saturated carbocycles. The SMILES string of the molecule is COc1ccc2c(O[C@@H]3C[C@H]4C(=O)C[C@]5(P(=O)(O)Cc6c(C)cccc6F)C[C@H]5CCCCCCC[C@H](CC(=O)OC5CCCC5)C(=O)N4C3)cc(-c3csc(NC(C)C)n3)nc2c1C. The van der Waals surface area contributed by atoms with Crippen LogP contribution in [0.3, 0.4) is 0 Å². The number of hydrogen-bond donors (Lipinski definition) is 2. The van der Waals surface area contributed by atoms with E-state index in [4.69, 9.17) is 24.2 Å². The highest BCUT2D eigenvalue weighted by molar-refractivity contribution is 7.59. The third-order valence-corrected chi connectivity index (χ3v) is 17.9. The number of ether oxygens (including phenoxy) is 3. The topological polar surface area (TPSA) is 157 Å². The summed E-state index contributed by atoms with van der Waals surface area (Å²) in [4.78, 5) is 67.1. The van der Waals surface area contributed by atoms with Gasteiger partial charge in [-0.05, 0) is 102 Å². The largest absolute Gasteiger partial charge is 0.496 e. The van der Waals surface area contributed by atoms with E-state index in [1.807, 2.05) is 44.4 Å². The fourth-order valence-electron chi connectivity index (χ4n) is 10.6. The average Bonchev–Trinajstić information content (AvgIpc) is 3.68. The molecule has 2 aliphatic carbocycles. The molecule has 0 bridgehead atoms. The first-order chi connectivity index (χ1) is 31.2. The zero-order valence-electron chi connectivity index (χ0n) is 38.4. The smallest absolute Gasteiger partial charge is 0.306 e. The molecule has 2 saturated heterocycles. The molecule has 8 rings (SSSR count). The van der Waals surface area contributed by atoms with Crippen molar-refractivity contribution in [3.63, 3.8) is 0 Å². The summed E-state index contributed by atoms with van der Waals surface area (Å²) in [6.07, 6.45) is 8.14. The highest BCUT2D eigenvalue weighted by Crippen LogP contribution is 2.75. The number of carbonyl (C=O) groups excluding carboxylic acids is 3. The standard InChI is InChI=1S/C50H64FN4O8PS/c1-30(2)52-49-54-41(29-65-49)40-24-45(37-20-21-44(61-5)32(4)47(37)53-40)62-36-23-42-43(56)26-50(64(59,60)28-38-31(3)14-13-19-39(38)51)25-34(50)16-10-8-6-7-9-15-33(48(58)55(42)27-36)22-46(57)63-35-17-11-12-18-35/h13-14,19-21,24,29-30,33-36,42H,6-12,15-18,22-23,25-28H2,1-5H3,(H,52,54)(H,59,60)/t33-,34-,36-,42+,50-/m1/s1. The lowest BCUT2D eigenvalue weighted by Crippen LogP contribution is -2.45. The second-order valence-electron chi connectivity index (χ2n) is 19.3. The molecular weight excluding hydrogens is 867 g/mol. The van der Waals surface area contributed by atoms with Gasteiger partial charge in [0.15, 0.2) is 10.9 Å². The molecule has 2 aromatic heterocycles. The molecule has 15 heteroatoms. The molecule has 1 amide bonds. The fraction of sp³-hybridized carbons (Fsp3) is 0.580. The number of halogens is 1. The molecule has 2 aromatic carbocycles. The van der Waals surface area contributed by atoms with Gasteiger partial charge < -0.3 is 29.3 Å². The number of nitrogens with one attached hydrogen (secondary N) is 1. The summed E-state index contributed by atoms with van der Waals surface area (Å²) in [7, 11) is -2.57. The summed E-state index contributed by atoms with van der Waals surface area (Å²) >= 11 is 1.48. The number of hydrogen-bond acceptors (Lipinski definition) is 11. The number of fused-ring (bicyclic) bond motifs is 3. The van der Waals surface area contributed by atoms with E-state index in [1.165, 1.54) is 17.4 Å².